The lowest BCUT2D eigenvalue weighted by atomic mass is 9.90. The van der Waals surface area contributed by atoms with Gasteiger partial charge < -0.3 is 26.7 Å². The number of oxime groups is 1. The van der Waals surface area contributed by atoms with Crippen LogP contribution in [0.3, 0.4) is 0 Å². The third kappa shape index (κ3) is 5.21. The summed E-state index contributed by atoms with van der Waals surface area (Å²) < 4.78 is 0. The van der Waals surface area contributed by atoms with Crippen LogP contribution in [0.4, 0.5) is 4.79 Å². The van der Waals surface area contributed by atoms with Crippen LogP contribution in [0.25, 0.3) is 0 Å². The van der Waals surface area contributed by atoms with E-state index >= 15 is 0 Å². The highest BCUT2D eigenvalue weighted by atomic mass is 16.4. The number of imide groups is 1. The molecule has 1 heterocycles. The Bertz CT molecular complexity index is 1100. The maximum absolute atomic E-state index is 13.1. The predicted molar refractivity (Wildman–Crippen MR) is 121 cm³/mol. The molecule has 0 saturated carbocycles. The van der Waals surface area contributed by atoms with Crippen molar-refractivity contribution in [3.63, 3.8) is 0 Å². The van der Waals surface area contributed by atoms with Gasteiger partial charge in [-0.2, -0.15) is 0 Å². The first-order valence-corrected chi connectivity index (χ1v) is 10.4. The van der Waals surface area contributed by atoms with Crippen LogP contribution in [0.15, 0.2) is 59.8 Å². The number of rotatable bonds is 9. The minimum absolute atomic E-state index is 0.358. The number of hydrogen-bond donors (Lipinski definition) is 5. The molecule has 11 heteroatoms. The Hall–Kier alpha value is -4.25. The average molecular weight is 467 g/mol. The summed E-state index contributed by atoms with van der Waals surface area (Å²) in [5, 5.41) is 25.9. The van der Waals surface area contributed by atoms with Gasteiger partial charge in [0.25, 0.3) is 5.91 Å². The Morgan fingerprint density at radius 2 is 1.79 bits per heavy atom. The van der Waals surface area contributed by atoms with Gasteiger partial charge in [0, 0.05) is 0 Å². The summed E-state index contributed by atoms with van der Waals surface area (Å²) in [6.45, 7) is 0.950. The molecular formula is C23H25N5O6. The molecule has 3 rings (SSSR count). The van der Waals surface area contributed by atoms with Gasteiger partial charge in [-0.3, -0.25) is 19.3 Å². The first-order chi connectivity index (χ1) is 16.2. The van der Waals surface area contributed by atoms with E-state index in [1.165, 1.54) is 6.92 Å². The third-order valence-electron chi connectivity index (χ3n) is 5.59. The van der Waals surface area contributed by atoms with Gasteiger partial charge in [0.05, 0.1) is 24.7 Å². The van der Waals surface area contributed by atoms with Gasteiger partial charge in [-0.15, -0.1) is 5.16 Å². The Morgan fingerprint density at radius 3 is 2.38 bits per heavy atom. The van der Waals surface area contributed by atoms with Gasteiger partial charge in [0.15, 0.2) is 0 Å². The number of carbonyl (C=O) groups excluding carboxylic acids is 3. The van der Waals surface area contributed by atoms with Crippen molar-refractivity contribution in [1.29, 1.82) is 0 Å². The molecule has 1 fully saturated rings. The summed E-state index contributed by atoms with van der Waals surface area (Å²) in [6.07, 6.45) is 0.787. The number of nitrogens with zero attached hydrogens (tertiary/aromatic N) is 2. The second-order valence-electron chi connectivity index (χ2n) is 7.99. The highest BCUT2D eigenvalue weighted by Gasteiger charge is 2.49. The van der Waals surface area contributed by atoms with Crippen LogP contribution in [0, 0.1) is 0 Å². The minimum Gasteiger partial charge on any atom is -0.481 e. The van der Waals surface area contributed by atoms with Gasteiger partial charge in [-0.1, -0.05) is 54.6 Å². The molecule has 2 aromatic carbocycles. The van der Waals surface area contributed by atoms with Gasteiger partial charge >= 0.3 is 12.0 Å². The van der Waals surface area contributed by atoms with Crippen molar-refractivity contribution < 1.29 is 29.5 Å². The number of nitrogens with two attached hydrogens (primary N) is 1. The van der Waals surface area contributed by atoms with E-state index < -0.39 is 48.0 Å². The molecule has 1 aliphatic rings. The highest BCUT2D eigenvalue weighted by molar-refractivity contribution is 6.09. The maximum atomic E-state index is 13.1. The summed E-state index contributed by atoms with van der Waals surface area (Å²) in [7, 11) is 0. The fraction of sp³-hybridized carbons (Fsp3) is 0.261. The van der Waals surface area contributed by atoms with Crippen molar-refractivity contribution in [1.82, 2.24) is 15.5 Å². The monoisotopic (exact) mass is 467 g/mol. The molecule has 0 aromatic heterocycles. The summed E-state index contributed by atoms with van der Waals surface area (Å²) >= 11 is 0. The zero-order valence-electron chi connectivity index (χ0n) is 18.3. The number of aliphatic carboxylic acids is 1. The minimum atomic E-state index is -1.41. The number of hydrogen-bond acceptors (Lipinski definition) is 7. The molecule has 11 nitrogen and oxygen atoms in total. The number of carboxylic acid groups (broad SMARTS) is 1. The van der Waals surface area contributed by atoms with Gasteiger partial charge in [-0.25, -0.2) is 4.79 Å². The molecule has 1 unspecified atom stereocenters. The molecule has 2 aromatic rings. The average Bonchev–Trinajstić information content (AvgIpc) is 3.03. The number of benzene rings is 2. The maximum Gasteiger partial charge on any atom is 0.325 e. The Balaban J connectivity index is 1.73. The molecule has 0 radical (unpaired) electrons. The van der Waals surface area contributed by atoms with E-state index in [-0.39, 0.29) is 6.42 Å². The first-order valence-electron chi connectivity index (χ1n) is 10.4. The normalized spacial score (nSPS) is 19.6. The SMILES string of the molecule is C[C@@]1(c2ccc(C(N)/C=N\O)cc2)NC(=O)N(CC(=O)N[C@@H](CC(=O)O)c2ccccc2)C1=O. The van der Waals surface area contributed by atoms with E-state index in [4.69, 9.17) is 10.9 Å². The van der Waals surface area contributed by atoms with Gasteiger partial charge in [0.2, 0.25) is 5.91 Å². The number of urea groups is 1. The standard InChI is InChI=1S/C23H25N5O6/c1-23(16-9-7-14(8-10-16)17(24)12-25-34)21(32)28(22(33)27-23)13-19(29)26-18(11-20(30)31)15-5-3-2-4-6-15/h2-10,12,17-18,34H,11,13,24H2,1H3,(H,26,29)(H,27,33)(H,30,31)/b25-12-/t17?,18-,23-/m0/s1. The van der Waals surface area contributed by atoms with Crippen LogP contribution in [0.2, 0.25) is 0 Å². The Morgan fingerprint density at radius 1 is 1.15 bits per heavy atom. The van der Waals surface area contributed by atoms with E-state index in [1.807, 2.05) is 0 Å². The molecular weight excluding hydrogens is 442 g/mol. The predicted octanol–water partition coefficient (Wildman–Crippen LogP) is 1.25. The fourth-order valence-corrected chi connectivity index (χ4v) is 3.73. The van der Waals surface area contributed by atoms with Crippen LogP contribution in [-0.4, -0.2) is 51.8 Å². The molecule has 6 N–H and O–H groups in total. The van der Waals surface area contributed by atoms with Crippen molar-refractivity contribution in [2.45, 2.75) is 31.0 Å². The van der Waals surface area contributed by atoms with E-state index in [0.717, 1.165) is 11.1 Å². The molecule has 0 spiro atoms. The van der Waals surface area contributed by atoms with E-state index in [1.54, 1.807) is 54.6 Å². The van der Waals surface area contributed by atoms with Gasteiger partial charge in [0.1, 0.15) is 12.1 Å². The lowest BCUT2D eigenvalue weighted by Gasteiger charge is -2.23. The van der Waals surface area contributed by atoms with Crippen LogP contribution >= 0.6 is 0 Å². The molecule has 0 bridgehead atoms. The molecule has 34 heavy (non-hydrogen) atoms. The number of carbonyl (C=O) groups is 4. The van der Waals surface area contributed by atoms with Crippen LogP contribution in [0.5, 0.6) is 0 Å². The van der Waals surface area contributed by atoms with Gasteiger partial charge in [-0.05, 0) is 23.6 Å². The fourth-order valence-electron chi connectivity index (χ4n) is 3.73. The van der Waals surface area contributed by atoms with Crippen molar-refractivity contribution in [3.05, 3.63) is 71.3 Å². The second-order valence-corrected chi connectivity index (χ2v) is 7.99. The van der Waals surface area contributed by atoms with Crippen molar-refractivity contribution in [2.75, 3.05) is 6.54 Å². The molecule has 4 amide bonds. The quantitative estimate of drug-likeness (QED) is 0.160. The lowest BCUT2D eigenvalue weighted by Crippen LogP contribution is -2.44. The molecule has 1 saturated heterocycles. The summed E-state index contributed by atoms with van der Waals surface area (Å²) in [5.41, 5.74) is 6.12. The van der Waals surface area contributed by atoms with E-state index in [2.05, 4.69) is 15.8 Å². The smallest absolute Gasteiger partial charge is 0.325 e. The van der Waals surface area contributed by atoms with Crippen LogP contribution in [-0.2, 0) is 19.9 Å². The first kappa shape index (κ1) is 24.4. The zero-order valence-corrected chi connectivity index (χ0v) is 18.3. The van der Waals surface area contributed by atoms with E-state index in [9.17, 15) is 24.3 Å². The highest BCUT2D eigenvalue weighted by Crippen LogP contribution is 2.29. The summed E-state index contributed by atoms with van der Waals surface area (Å²) in [4.78, 5) is 50.4. The second kappa shape index (κ2) is 10.1. The molecule has 3 atom stereocenters. The lowest BCUT2D eigenvalue weighted by molar-refractivity contribution is -0.138. The molecule has 1 aliphatic heterocycles. The largest absolute Gasteiger partial charge is 0.481 e. The molecule has 0 aliphatic carbocycles. The van der Waals surface area contributed by atoms with Crippen LogP contribution in [0.1, 0.15) is 42.1 Å². The topological polar surface area (TPSA) is 174 Å². The number of nitrogens with one attached hydrogen (secondary N) is 2. The number of carboxylic acids is 1. The van der Waals surface area contributed by atoms with Crippen LogP contribution < -0.4 is 16.4 Å². The van der Waals surface area contributed by atoms with Crippen molar-refractivity contribution >= 4 is 30.0 Å². The molecule has 178 valence electrons. The summed E-state index contributed by atoms with van der Waals surface area (Å²) in [5.74, 6) is -2.41. The van der Waals surface area contributed by atoms with Crippen molar-refractivity contribution in [3.8, 4) is 0 Å². The Kier molecular flexibility index (Phi) is 7.27. The number of amides is 4. The van der Waals surface area contributed by atoms with Crippen molar-refractivity contribution in [2.24, 2.45) is 10.9 Å². The third-order valence-corrected chi connectivity index (χ3v) is 5.59. The summed E-state index contributed by atoms with van der Waals surface area (Å²) in [6, 6.07) is 12.8. The van der Waals surface area contributed by atoms with E-state index in [0.29, 0.717) is 16.7 Å². The Labute approximate surface area is 195 Å². The zero-order chi connectivity index (χ0) is 24.9.